The molecule has 0 N–H and O–H groups in total. The summed E-state index contributed by atoms with van der Waals surface area (Å²) in [6.45, 7) is 0. The summed E-state index contributed by atoms with van der Waals surface area (Å²) in [5.41, 5.74) is 1.93. The Morgan fingerprint density at radius 1 is 1.17 bits per heavy atom. The molecular weight excluding hydrogens is 268 g/mol. The molecule has 3 heterocycles. The molecule has 2 aromatic heterocycles. The van der Waals surface area contributed by atoms with Gasteiger partial charge in [-0.15, -0.1) is 11.8 Å². The Bertz CT molecular complexity index is 570. The van der Waals surface area contributed by atoms with Crippen LogP contribution in [0.25, 0.3) is 5.70 Å². The molecular formula is C12H9ClN4S. The van der Waals surface area contributed by atoms with Crippen molar-refractivity contribution in [1.82, 2.24) is 15.0 Å². The molecule has 0 saturated carbocycles. The van der Waals surface area contributed by atoms with E-state index in [1.165, 1.54) is 0 Å². The van der Waals surface area contributed by atoms with Crippen LogP contribution in [0.1, 0.15) is 5.69 Å². The molecule has 0 bridgehead atoms. The number of nitrogens with zero attached hydrogens (tertiary/aromatic N) is 4. The molecule has 3 rings (SSSR count). The molecule has 6 heteroatoms. The highest BCUT2D eigenvalue weighted by Crippen LogP contribution is 2.32. The second-order valence-electron chi connectivity index (χ2n) is 3.64. The maximum absolute atomic E-state index is 5.80. The summed E-state index contributed by atoms with van der Waals surface area (Å²) in [6.07, 6.45) is 4.98. The van der Waals surface area contributed by atoms with Crippen molar-refractivity contribution in [3.05, 3.63) is 52.9 Å². The average Bonchev–Trinajstić information content (AvgIpc) is 2.90. The van der Waals surface area contributed by atoms with Crippen LogP contribution in [0, 0.1) is 0 Å². The summed E-state index contributed by atoms with van der Waals surface area (Å²) in [5.74, 6) is 1.43. The van der Waals surface area contributed by atoms with Crippen LogP contribution in [-0.2, 0) is 0 Å². The minimum absolute atomic E-state index is 0.536. The Balaban J connectivity index is 1.94. The maximum atomic E-state index is 5.80. The summed E-state index contributed by atoms with van der Waals surface area (Å²) in [7, 11) is 0. The van der Waals surface area contributed by atoms with Gasteiger partial charge in [0.2, 0.25) is 5.95 Å². The molecule has 1 aliphatic heterocycles. The van der Waals surface area contributed by atoms with Gasteiger partial charge in [0.1, 0.15) is 0 Å². The van der Waals surface area contributed by atoms with Crippen molar-refractivity contribution in [1.29, 1.82) is 0 Å². The summed E-state index contributed by atoms with van der Waals surface area (Å²) >= 11 is 7.49. The molecule has 0 aliphatic carbocycles. The lowest BCUT2D eigenvalue weighted by Gasteiger charge is -2.18. The SMILES string of the molecule is Clc1cnc(N2CSC=C2c2ccccn2)nc1. The third kappa shape index (κ3) is 2.19. The lowest BCUT2D eigenvalue weighted by molar-refractivity contribution is 1.03. The van der Waals surface area contributed by atoms with Gasteiger partial charge >= 0.3 is 0 Å². The van der Waals surface area contributed by atoms with Crippen LogP contribution >= 0.6 is 23.4 Å². The van der Waals surface area contributed by atoms with Gasteiger partial charge in [-0.2, -0.15) is 0 Å². The zero-order valence-electron chi connectivity index (χ0n) is 9.32. The molecule has 0 radical (unpaired) electrons. The van der Waals surface area contributed by atoms with Crippen LogP contribution in [0.15, 0.2) is 42.2 Å². The molecule has 0 spiro atoms. The van der Waals surface area contributed by atoms with Gasteiger partial charge in [0.25, 0.3) is 0 Å². The van der Waals surface area contributed by atoms with Crippen LogP contribution in [0.5, 0.6) is 0 Å². The molecule has 1 aliphatic rings. The third-order valence-corrected chi connectivity index (χ3v) is 3.46. The Morgan fingerprint density at radius 3 is 2.72 bits per heavy atom. The zero-order valence-corrected chi connectivity index (χ0v) is 10.9. The minimum atomic E-state index is 0.536. The Hall–Kier alpha value is -1.59. The van der Waals surface area contributed by atoms with Crippen LogP contribution in [-0.4, -0.2) is 20.8 Å². The van der Waals surface area contributed by atoms with Crippen LogP contribution in [0.4, 0.5) is 5.95 Å². The Morgan fingerprint density at radius 2 is 2.00 bits per heavy atom. The van der Waals surface area contributed by atoms with Gasteiger partial charge in [-0.25, -0.2) is 9.97 Å². The zero-order chi connectivity index (χ0) is 12.4. The highest BCUT2D eigenvalue weighted by atomic mass is 35.5. The van der Waals surface area contributed by atoms with Crippen molar-refractivity contribution in [2.45, 2.75) is 0 Å². The molecule has 0 aromatic carbocycles. The molecule has 0 amide bonds. The predicted octanol–water partition coefficient (Wildman–Crippen LogP) is 3.03. The van der Waals surface area contributed by atoms with E-state index in [2.05, 4.69) is 20.4 Å². The highest BCUT2D eigenvalue weighted by molar-refractivity contribution is 8.02. The smallest absolute Gasteiger partial charge is 0.230 e. The van der Waals surface area contributed by atoms with Crippen molar-refractivity contribution in [2.75, 3.05) is 10.8 Å². The summed E-state index contributed by atoms with van der Waals surface area (Å²) < 4.78 is 0. The standard InChI is InChI=1S/C12H9ClN4S/c13-9-5-15-12(16-6-9)17-8-18-7-11(17)10-3-1-2-4-14-10/h1-7H,8H2. The first-order valence-corrected chi connectivity index (χ1v) is 6.75. The summed E-state index contributed by atoms with van der Waals surface area (Å²) in [4.78, 5) is 14.8. The maximum Gasteiger partial charge on any atom is 0.230 e. The van der Waals surface area contributed by atoms with E-state index < -0.39 is 0 Å². The predicted molar refractivity (Wildman–Crippen MR) is 74.2 cm³/mol. The molecule has 18 heavy (non-hydrogen) atoms. The van der Waals surface area contributed by atoms with Gasteiger partial charge in [-0.3, -0.25) is 9.88 Å². The van der Waals surface area contributed by atoms with E-state index in [9.17, 15) is 0 Å². The number of rotatable bonds is 2. The van der Waals surface area contributed by atoms with Crippen molar-refractivity contribution < 1.29 is 0 Å². The molecule has 90 valence electrons. The van der Waals surface area contributed by atoms with Crippen molar-refractivity contribution in [3.63, 3.8) is 0 Å². The first-order valence-electron chi connectivity index (χ1n) is 5.33. The number of aromatic nitrogens is 3. The second-order valence-corrected chi connectivity index (χ2v) is 4.91. The van der Waals surface area contributed by atoms with E-state index in [0.717, 1.165) is 17.3 Å². The topological polar surface area (TPSA) is 41.9 Å². The fourth-order valence-electron chi connectivity index (χ4n) is 1.65. The van der Waals surface area contributed by atoms with Gasteiger partial charge < -0.3 is 0 Å². The number of hydrogen-bond donors (Lipinski definition) is 0. The van der Waals surface area contributed by atoms with E-state index in [4.69, 9.17) is 11.6 Å². The first kappa shape index (κ1) is 11.5. The van der Waals surface area contributed by atoms with E-state index in [0.29, 0.717) is 11.0 Å². The van der Waals surface area contributed by atoms with E-state index >= 15 is 0 Å². The number of thioether (sulfide) groups is 1. The van der Waals surface area contributed by atoms with Crippen LogP contribution < -0.4 is 4.90 Å². The first-order chi connectivity index (χ1) is 8.84. The molecule has 2 aromatic rings. The fourth-order valence-corrected chi connectivity index (χ4v) is 2.63. The third-order valence-electron chi connectivity index (χ3n) is 2.46. The largest absolute Gasteiger partial charge is 0.298 e. The molecule has 0 atom stereocenters. The van der Waals surface area contributed by atoms with Gasteiger partial charge in [-0.1, -0.05) is 17.7 Å². The number of halogens is 1. The van der Waals surface area contributed by atoms with E-state index in [-0.39, 0.29) is 0 Å². The van der Waals surface area contributed by atoms with Gasteiger partial charge in [-0.05, 0) is 17.5 Å². The molecule has 0 fully saturated rings. The molecule has 0 saturated heterocycles. The monoisotopic (exact) mass is 276 g/mol. The molecule has 0 unspecified atom stereocenters. The lowest BCUT2D eigenvalue weighted by atomic mass is 10.3. The Labute approximate surface area is 114 Å². The lowest BCUT2D eigenvalue weighted by Crippen LogP contribution is -2.19. The molecule has 4 nitrogen and oxygen atoms in total. The Kier molecular flexibility index (Phi) is 3.17. The number of pyridine rings is 1. The average molecular weight is 277 g/mol. The van der Waals surface area contributed by atoms with Gasteiger partial charge in [0.05, 0.1) is 34.7 Å². The fraction of sp³-hybridized carbons (Fsp3) is 0.0833. The second kappa shape index (κ2) is 4.96. The minimum Gasteiger partial charge on any atom is -0.298 e. The summed E-state index contributed by atoms with van der Waals surface area (Å²) in [5, 5.41) is 2.61. The van der Waals surface area contributed by atoms with Crippen LogP contribution in [0.3, 0.4) is 0 Å². The van der Waals surface area contributed by atoms with E-state index in [1.807, 2.05) is 23.1 Å². The van der Waals surface area contributed by atoms with Gasteiger partial charge in [0, 0.05) is 6.20 Å². The van der Waals surface area contributed by atoms with Crippen molar-refractivity contribution in [2.24, 2.45) is 0 Å². The number of anilines is 1. The quantitative estimate of drug-likeness (QED) is 0.843. The highest BCUT2D eigenvalue weighted by Gasteiger charge is 2.21. The van der Waals surface area contributed by atoms with Gasteiger partial charge in [0.15, 0.2) is 0 Å². The van der Waals surface area contributed by atoms with Crippen LogP contribution in [0.2, 0.25) is 5.02 Å². The van der Waals surface area contributed by atoms with Crippen molar-refractivity contribution in [3.8, 4) is 0 Å². The van der Waals surface area contributed by atoms with E-state index in [1.54, 1.807) is 30.4 Å². The number of hydrogen-bond acceptors (Lipinski definition) is 5. The summed E-state index contributed by atoms with van der Waals surface area (Å²) in [6, 6.07) is 5.84. The van der Waals surface area contributed by atoms with Crippen molar-refractivity contribution >= 4 is 35.0 Å². The normalized spacial score (nSPS) is 14.7.